The zero-order chi connectivity index (χ0) is 12.7. The third-order valence-electron chi connectivity index (χ3n) is 3.27. The average Bonchev–Trinajstić information content (AvgIpc) is 2.27. The van der Waals surface area contributed by atoms with Crippen molar-refractivity contribution in [2.45, 2.75) is 20.8 Å². The van der Waals surface area contributed by atoms with E-state index in [1.807, 2.05) is 20.8 Å². The largest absolute Gasteiger partial charge is 0.508 e. The van der Waals surface area contributed by atoms with Crippen LogP contribution in [0.25, 0.3) is 10.8 Å². The molecule has 0 aliphatic rings. The number of rotatable bonds is 1. The summed E-state index contributed by atoms with van der Waals surface area (Å²) in [6.07, 6.45) is 0. The van der Waals surface area contributed by atoms with Crippen molar-refractivity contribution in [3.05, 3.63) is 40.5 Å². The number of carbonyl (C=O) groups is 1. The summed E-state index contributed by atoms with van der Waals surface area (Å²) in [4.78, 5) is 11.0. The molecule has 17 heavy (non-hydrogen) atoms. The van der Waals surface area contributed by atoms with Crippen LogP contribution < -0.4 is 0 Å². The van der Waals surface area contributed by atoms with Crippen molar-refractivity contribution < 1.29 is 15.0 Å². The molecule has 2 aromatic carbocycles. The summed E-state index contributed by atoms with van der Waals surface area (Å²) in [7, 11) is 0. The Morgan fingerprint density at radius 1 is 1.00 bits per heavy atom. The Balaban J connectivity index is 2.92. The first-order valence-corrected chi connectivity index (χ1v) is 5.38. The second-order valence-corrected chi connectivity index (χ2v) is 4.34. The molecule has 2 N–H and O–H groups in total. The first kappa shape index (κ1) is 11.5. The van der Waals surface area contributed by atoms with E-state index in [1.165, 1.54) is 0 Å². The lowest BCUT2D eigenvalue weighted by Crippen LogP contribution is -1.98. The molecule has 2 aromatic rings. The Bertz CT molecular complexity index is 627. The number of carboxylic acids is 1. The number of aromatic carboxylic acids is 1. The van der Waals surface area contributed by atoms with Crippen LogP contribution in [0.3, 0.4) is 0 Å². The molecule has 3 nitrogen and oxygen atoms in total. The number of carboxylic acid groups (broad SMARTS) is 1. The second kappa shape index (κ2) is 3.77. The normalized spacial score (nSPS) is 10.8. The minimum Gasteiger partial charge on any atom is -0.508 e. The summed E-state index contributed by atoms with van der Waals surface area (Å²) < 4.78 is 0. The van der Waals surface area contributed by atoms with Crippen LogP contribution in [-0.4, -0.2) is 16.2 Å². The molecule has 0 heterocycles. The van der Waals surface area contributed by atoms with Gasteiger partial charge < -0.3 is 10.2 Å². The number of hydrogen-bond donors (Lipinski definition) is 2. The van der Waals surface area contributed by atoms with E-state index >= 15 is 0 Å². The van der Waals surface area contributed by atoms with Gasteiger partial charge in [-0.2, -0.15) is 0 Å². The monoisotopic (exact) mass is 230 g/mol. The molecule has 88 valence electrons. The van der Waals surface area contributed by atoms with Gasteiger partial charge in [0.2, 0.25) is 0 Å². The van der Waals surface area contributed by atoms with Crippen molar-refractivity contribution in [1.82, 2.24) is 0 Å². The SMILES string of the molecule is Cc1c(O)cc2c(C)cc(C(=O)O)cc2c1C. The van der Waals surface area contributed by atoms with Crippen molar-refractivity contribution in [3.63, 3.8) is 0 Å². The van der Waals surface area contributed by atoms with Crippen molar-refractivity contribution >= 4 is 16.7 Å². The molecule has 0 saturated carbocycles. The van der Waals surface area contributed by atoms with E-state index in [0.717, 1.165) is 27.5 Å². The standard InChI is InChI=1S/C14H14O3/c1-7-4-10(14(16)17)5-12-8(2)9(3)13(15)6-11(7)12/h4-6,15H,1-3H3,(H,16,17). The minimum atomic E-state index is -0.930. The van der Waals surface area contributed by atoms with Crippen LogP contribution in [0, 0.1) is 20.8 Å². The van der Waals surface area contributed by atoms with E-state index < -0.39 is 5.97 Å². The van der Waals surface area contributed by atoms with Crippen molar-refractivity contribution in [2.24, 2.45) is 0 Å². The molecule has 3 heteroatoms. The fraction of sp³-hybridized carbons (Fsp3) is 0.214. The molecule has 0 aromatic heterocycles. The molecule has 0 atom stereocenters. The number of phenolic OH excluding ortho intramolecular Hbond substituents is 1. The molecule has 0 bridgehead atoms. The highest BCUT2D eigenvalue weighted by molar-refractivity contribution is 5.98. The maximum absolute atomic E-state index is 11.0. The molecule has 0 amide bonds. The van der Waals surface area contributed by atoms with Gasteiger partial charge in [0.1, 0.15) is 5.75 Å². The summed E-state index contributed by atoms with van der Waals surface area (Å²) in [6, 6.07) is 4.98. The van der Waals surface area contributed by atoms with E-state index in [0.29, 0.717) is 0 Å². The van der Waals surface area contributed by atoms with Crippen molar-refractivity contribution in [1.29, 1.82) is 0 Å². The predicted octanol–water partition coefficient (Wildman–Crippen LogP) is 3.17. The van der Waals surface area contributed by atoms with E-state index in [-0.39, 0.29) is 11.3 Å². The van der Waals surface area contributed by atoms with Gasteiger partial charge in [-0.3, -0.25) is 0 Å². The zero-order valence-electron chi connectivity index (χ0n) is 10.0. The lowest BCUT2D eigenvalue weighted by Gasteiger charge is -2.11. The van der Waals surface area contributed by atoms with E-state index in [9.17, 15) is 9.90 Å². The number of hydrogen-bond acceptors (Lipinski definition) is 2. The number of benzene rings is 2. The minimum absolute atomic E-state index is 0.251. The van der Waals surface area contributed by atoms with Crippen molar-refractivity contribution in [2.75, 3.05) is 0 Å². The Kier molecular flexibility index (Phi) is 2.54. The second-order valence-electron chi connectivity index (χ2n) is 4.34. The molecule has 0 unspecified atom stereocenters. The Labute approximate surface area is 99.3 Å². The highest BCUT2D eigenvalue weighted by Crippen LogP contribution is 2.31. The fourth-order valence-corrected chi connectivity index (χ4v) is 2.06. The van der Waals surface area contributed by atoms with Gasteiger partial charge in [0.05, 0.1) is 5.56 Å². The van der Waals surface area contributed by atoms with Gasteiger partial charge in [-0.1, -0.05) is 0 Å². The Hall–Kier alpha value is -2.03. The third-order valence-corrected chi connectivity index (χ3v) is 3.27. The maximum atomic E-state index is 11.0. The van der Waals surface area contributed by atoms with E-state index in [4.69, 9.17) is 5.11 Å². The lowest BCUT2D eigenvalue weighted by molar-refractivity contribution is 0.0697. The fourth-order valence-electron chi connectivity index (χ4n) is 2.06. The summed E-state index contributed by atoms with van der Waals surface area (Å²) in [5.41, 5.74) is 2.85. The van der Waals surface area contributed by atoms with Gasteiger partial charge in [-0.25, -0.2) is 4.79 Å². The lowest BCUT2D eigenvalue weighted by atomic mass is 9.95. The maximum Gasteiger partial charge on any atom is 0.335 e. The number of fused-ring (bicyclic) bond motifs is 1. The summed E-state index contributed by atoms with van der Waals surface area (Å²) in [5, 5.41) is 20.6. The first-order chi connectivity index (χ1) is 7.91. The average molecular weight is 230 g/mol. The van der Waals surface area contributed by atoms with Gasteiger partial charge in [0, 0.05) is 0 Å². The van der Waals surface area contributed by atoms with E-state index in [1.54, 1.807) is 18.2 Å². The zero-order valence-corrected chi connectivity index (χ0v) is 10.0. The topological polar surface area (TPSA) is 57.5 Å². The van der Waals surface area contributed by atoms with Crippen LogP contribution in [0.2, 0.25) is 0 Å². The molecule has 0 saturated heterocycles. The molecule has 0 aliphatic carbocycles. The molecule has 0 spiro atoms. The smallest absolute Gasteiger partial charge is 0.335 e. The molecular weight excluding hydrogens is 216 g/mol. The van der Waals surface area contributed by atoms with Gasteiger partial charge in [-0.05, 0) is 66.4 Å². The highest BCUT2D eigenvalue weighted by Gasteiger charge is 2.11. The summed E-state index contributed by atoms with van der Waals surface area (Å²) in [6.45, 7) is 5.57. The van der Waals surface area contributed by atoms with E-state index in [2.05, 4.69) is 0 Å². The van der Waals surface area contributed by atoms with Crippen LogP contribution in [0.1, 0.15) is 27.0 Å². The van der Waals surface area contributed by atoms with Gasteiger partial charge in [0.15, 0.2) is 0 Å². The molecular formula is C14H14O3. The van der Waals surface area contributed by atoms with Crippen molar-refractivity contribution in [3.8, 4) is 5.75 Å². The van der Waals surface area contributed by atoms with Crippen LogP contribution in [0.4, 0.5) is 0 Å². The quantitative estimate of drug-likeness (QED) is 0.791. The van der Waals surface area contributed by atoms with Gasteiger partial charge in [0.25, 0.3) is 0 Å². The predicted molar refractivity (Wildman–Crippen MR) is 66.8 cm³/mol. The third kappa shape index (κ3) is 1.73. The van der Waals surface area contributed by atoms with Crippen LogP contribution in [-0.2, 0) is 0 Å². The molecule has 0 fully saturated rings. The Morgan fingerprint density at radius 3 is 2.24 bits per heavy atom. The first-order valence-electron chi connectivity index (χ1n) is 5.38. The molecule has 2 rings (SSSR count). The molecule has 0 radical (unpaired) electrons. The number of aromatic hydroxyl groups is 1. The number of aryl methyl sites for hydroxylation is 2. The van der Waals surface area contributed by atoms with Crippen LogP contribution in [0.15, 0.2) is 18.2 Å². The summed E-state index contributed by atoms with van der Waals surface area (Å²) in [5.74, 6) is -0.679. The van der Waals surface area contributed by atoms with Gasteiger partial charge >= 0.3 is 5.97 Å². The van der Waals surface area contributed by atoms with Crippen LogP contribution in [0.5, 0.6) is 5.75 Å². The summed E-state index contributed by atoms with van der Waals surface area (Å²) >= 11 is 0. The highest BCUT2D eigenvalue weighted by atomic mass is 16.4. The Morgan fingerprint density at radius 2 is 1.65 bits per heavy atom. The molecule has 0 aliphatic heterocycles. The van der Waals surface area contributed by atoms with Crippen LogP contribution >= 0.6 is 0 Å². The van der Waals surface area contributed by atoms with Gasteiger partial charge in [-0.15, -0.1) is 0 Å². The number of phenols is 1.